The highest BCUT2D eigenvalue weighted by atomic mass is 35.5. The number of likely N-dealkylation sites (tertiary alicyclic amines) is 1. The number of benzene rings is 1. The fraction of sp³-hybridized carbons (Fsp3) is 0.600. The third kappa shape index (κ3) is 5.15. The Labute approximate surface area is 215 Å². The molecule has 6 atom stereocenters. The van der Waals surface area contributed by atoms with Crippen LogP contribution in [-0.2, 0) is 23.9 Å². The number of piperidine rings is 1. The molecule has 196 valence electrons. The average Bonchev–Trinajstić information content (AvgIpc) is 3.53. The van der Waals surface area contributed by atoms with E-state index in [0.29, 0.717) is 12.3 Å². The van der Waals surface area contributed by atoms with E-state index in [1.807, 2.05) is 13.8 Å². The highest BCUT2D eigenvalue weighted by Crippen LogP contribution is 2.43. The molecule has 10 nitrogen and oxygen atoms in total. The lowest BCUT2D eigenvalue weighted by Crippen LogP contribution is -2.60. The standard InChI is InChI=1S/C25H33ClN4O6/c1-4-35-25-18(11-19(31)36-25)28-23(33)21-13-5-7-15(9-13)30(21)24(34)20(12(2)3)29-22(32)14-6-8-17(27)16(26)10-14/h6,8,10,12-13,15,18,20-21,25H,4-5,7,9,11,27H2,1-3H3,(H,28,33)(H,29,32). The van der Waals surface area contributed by atoms with Gasteiger partial charge < -0.3 is 30.7 Å². The van der Waals surface area contributed by atoms with E-state index in [1.165, 1.54) is 12.1 Å². The number of nitrogens with one attached hydrogen (secondary N) is 2. The molecule has 36 heavy (non-hydrogen) atoms. The molecular formula is C25H33ClN4O6. The number of halogens is 1. The summed E-state index contributed by atoms with van der Waals surface area (Å²) in [5.41, 5.74) is 6.39. The number of cyclic esters (lactones) is 1. The van der Waals surface area contributed by atoms with Gasteiger partial charge in [-0.1, -0.05) is 25.4 Å². The summed E-state index contributed by atoms with van der Waals surface area (Å²) in [6, 6.07) is 2.34. The maximum absolute atomic E-state index is 13.8. The van der Waals surface area contributed by atoms with Gasteiger partial charge in [0.15, 0.2) is 0 Å². The van der Waals surface area contributed by atoms with Gasteiger partial charge in [0, 0.05) is 18.2 Å². The fourth-order valence-corrected chi connectivity index (χ4v) is 5.63. The van der Waals surface area contributed by atoms with Crippen LogP contribution in [0.2, 0.25) is 5.02 Å². The molecule has 1 aromatic rings. The summed E-state index contributed by atoms with van der Waals surface area (Å²) < 4.78 is 10.6. The molecule has 1 saturated carbocycles. The van der Waals surface area contributed by atoms with E-state index in [0.717, 1.165) is 19.3 Å². The summed E-state index contributed by atoms with van der Waals surface area (Å²) in [6.45, 7) is 5.80. The second-order valence-electron chi connectivity index (χ2n) is 9.98. The van der Waals surface area contributed by atoms with Crippen LogP contribution in [0.4, 0.5) is 5.69 Å². The van der Waals surface area contributed by atoms with Crippen molar-refractivity contribution in [2.75, 3.05) is 12.3 Å². The van der Waals surface area contributed by atoms with Crippen LogP contribution < -0.4 is 16.4 Å². The predicted octanol–water partition coefficient (Wildman–Crippen LogP) is 1.85. The smallest absolute Gasteiger partial charge is 0.310 e. The second kappa shape index (κ2) is 10.6. The minimum absolute atomic E-state index is 0.0139. The first-order chi connectivity index (χ1) is 17.1. The molecule has 1 aliphatic carbocycles. The van der Waals surface area contributed by atoms with Crippen molar-refractivity contribution in [1.29, 1.82) is 0 Å². The summed E-state index contributed by atoms with van der Waals surface area (Å²) in [5, 5.41) is 5.97. The van der Waals surface area contributed by atoms with Crippen LogP contribution in [0, 0.1) is 11.8 Å². The molecule has 2 bridgehead atoms. The molecule has 3 fully saturated rings. The summed E-state index contributed by atoms with van der Waals surface area (Å²) in [7, 11) is 0. The first kappa shape index (κ1) is 26.2. The van der Waals surface area contributed by atoms with Crippen molar-refractivity contribution in [2.24, 2.45) is 11.8 Å². The summed E-state index contributed by atoms with van der Waals surface area (Å²) in [6.07, 6.45) is 1.54. The number of carbonyl (C=O) groups is 4. The largest absolute Gasteiger partial charge is 0.433 e. The Hall–Kier alpha value is -2.85. The molecule has 1 aromatic carbocycles. The molecule has 2 heterocycles. The van der Waals surface area contributed by atoms with E-state index in [4.69, 9.17) is 26.8 Å². The van der Waals surface area contributed by atoms with Crippen LogP contribution in [0.25, 0.3) is 0 Å². The minimum Gasteiger partial charge on any atom is -0.433 e. The Morgan fingerprint density at radius 1 is 1.28 bits per heavy atom. The number of esters is 1. The van der Waals surface area contributed by atoms with E-state index in [9.17, 15) is 19.2 Å². The Bertz CT molecular complexity index is 1050. The van der Waals surface area contributed by atoms with Crippen LogP contribution >= 0.6 is 11.6 Å². The van der Waals surface area contributed by atoms with Crippen LogP contribution in [0.5, 0.6) is 0 Å². The molecule has 4 N–H and O–H groups in total. The predicted molar refractivity (Wildman–Crippen MR) is 132 cm³/mol. The Morgan fingerprint density at radius 2 is 2.03 bits per heavy atom. The maximum Gasteiger partial charge on any atom is 0.310 e. The highest BCUT2D eigenvalue weighted by molar-refractivity contribution is 6.33. The van der Waals surface area contributed by atoms with Gasteiger partial charge >= 0.3 is 5.97 Å². The van der Waals surface area contributed by atoms with E-state index in [2.05, 4.69) is 10.6 Å². The van der Waals surface area contributed by atoms with Crippen LogP contribution in [0.15, 0.2) is 18.2 Å². The molecule has 2 aliphatic heterocycles. The molecule has 0 aromatic heterocycles. The number of hydrogen-bond donors (Lipinski definition) is 3. The van der Waals surface area contributed by atoms with Gasteiger partial charge in [0.1, 0.15) is 18.1 Å². The molecule has 3 aliphatic rings. The summed E-state index contributed by atoms with van der Waals surface area (Å²) in [4.78, 5) is 53.6. The molecule has 4 rings (SSSR count). The Morgan fingerprint density at radius 3 is 2.69 bits per heavy atom. The molecule has 3 amide bonds. The second-order valence-corrected chi connectivity index (χ2v) is 10.4. The van der Waals surface area contributed by atoms with Crippen molar-refractivity contribution in [2.45, 2.75) is 76.9 Å². The zero-order chi connectivity index (χ0) is 26.1. The zero-order valence-electron chi connectivity index (χ0n) is 20.7. The Balaban J connectivity index is 1.51. The minimum atomic E-state index is -0.844. The molecule has 0 spiro atoms. The first-order valence-electron chi connectivity index (χ1n) is 12.4. The van der Waals surface area contributed by atoms with Gasteiger partial charge in [0.25, 0.3) is 5.91 Å². The number of ether oxygens (including phenoxy) is 2. The van der Waals surface area contributed by atoms with Gasteiger partial charge in [0.2, 0.25) is 18.1 Å². The number of carbonyl (C=O) groups excluding carboxylic acids is 4. The maximum atomic E-state index is 13.8. The lowest BCUT2D eigenvalue weighted by molar-refractivity contribution is -0.165. The topological polar surface area (TPSA) is 140 Å². The number of nitrogens with zero attached hydrogens (tertiary/aromatic N) is 1. The van der Waals surface area contributed by atoms with Gasteiger partial charge in [-0.25, -0.2) is 0 Å². The van der Waals surface area contributed by atoms with Gasteiger partial charge in [-0.15, -0.1) is 0 Å². The van der Waals surface area contributed by atoms with Gasteiger partial charge in [-0.05, 0) is 56.2 Å². The lowest BCUT2D eigenvalue weighted by atomic mass is 9.95. The number of anilines is 1. The SMILES string of the molecule is CCOC1OC(=O)CC1NC(=O)C1C2CCC(C2)N1C(=O)C(NC(=O)c1ccc(N)c(Cl)c1)C(C)C. The lowest BCUT2D eigenvalue weighted by Gasteiger charge is -2.38. The first-order valence-corrected chi connectivity index (χ1v) is 12.8. The van der Waals surface area contributed by atoms with Gasteiger partial charge in [-0.3, -0.25) is 19.2 Å². The summed E-state index contributed by atoms with van der Waals surface area (Å²) in [5.74, 6) is -1.73. The third-order valence-corrected chi connectivity index (χ3v) is 7.54. The molecule has 11 heteroatoms. The van der Waals surface area contributed by atoms with E-state index in [1.54, 1.807) is 17.9 Å². The monoisotopic (exact) mass is 520 g/mol. The van der Waals surface area contributed by atoms with E-state index >= 15 is 0 Å². The summed E-state index contributed by atoms with van der Waals surface area (Å²) >= 11 is 6.07. The van der Waals surface area contributed by atoms with Crippen LogP contribution in [-0.4, -0.2) is 65.7 Å². The number of amides is 3. The Kier molecular flexibility index (Phi) is 7.75. The molecule has 2 saturated heterocycles. The number of hydrogen-bond acceptors (Lipinski definition) is 7. The van der Waals surface area contributed by atoms with Crippen molar-refractivity contribution >= 4 is 41.0 Å². The van der Waals surface area contributed by atoms with E-state index in [-0.39, 0.29) is 46.7 Å². The van der Waals surface area contributed by atoms with Crippen molar-refractivity contribution in [3.63, 3.8) is 0 Å². The number of fused-ring (bicyclic) bond motifs is 2. The highest BCUT2D eigenvalue weighted by Gasteiger charge is 2.53. The normalized spacial score (nSPS) is 27.8. The molecular weight excluding hydrogens is 488 g/mol. The molecule has 0 radical (unpaired) electrons. The molecule has 6 unspecified atom stereocenters. The van der Waals surface area contributed by atoms with Crippen LogP contribution in [0.1, 0.15) is 56.8 Å². The quantitative estimate of drug-likeness (QED) is 0.351. The number of rotatable bonds is 8. The van der Waals surface area contributed by atoms with E-state index < -0.39 is 36.3 Å². The number of nitrogens with two attached hydrogens (primary N) is 1. The van der Waals surface area contributed by atoms with Crippen LogP contribution in [0.3, 0.4) is 0 Å². The van der Waals surface area contributed by atoms with Gasteiger partial charge in [0.05, 0.1) is 17.1 Å². The van der Waals surface area contributed by atoms with Crippen molar-refractivity contribution in [3.8, 4) is 0 Å². The van der Waals surface area contributed by atoms with Crippen molar-refractivity contribution < 1.29 is 28.7 Å². The fourth-order valence-electron chi connectivity index (χ4n) is 5.45. The zero-order valence-corrected chi connectivity index (χ0v) is 21.4. The van der Waals surface area contributed by atoms with Crippen molar-refractivity contribution in [1.82, 2.24) is 15.5 Å². The van der Waals surface area contributed by atoms with Crippen molar-refractivity contribution in [3.05, 3.63) is 28.8 Å². The average molecular weight is 521 g/mol. The number of nitrogen functional groups attached to an aromatic ring is 1. The van der Waals surface area contributed by atoms with Gasteiger partial charge in [-0.2, -0.15) is 0 Å². The third-order valence-electron chi connectivity index (χ3n) is 7.21.